The molecule has 5 unspecified atom stereocenters. The van der Waals surface area contributed by atoms with Crippen molar-refractivity contribution in [1.29, 1.82) is 0 Å². The number of rotatable bonds is 6. The molecule has 0 radical (unpaired) electrons. The Bertz CT molecular complexity index is 993. The minimum atomic E-state index is -1.01. The van der Waals surface area contributed by atoms with Crippen molar-refractivity contribution in [2.45, 2.75) is 56.4 Å². The first-order valence-corrected chi connectivity index (χ1v) is 11.5. The predicted molar refractivity (Wildman–Crippen MR) is 121 cm³/mol. The first-order valence-electron chi connectivity index (χ1n) is 11.5. The summed E-state index contributed by atoms with van der Waals surface area (Å²) < 4.78 is 21.0. The highest BCUT2D eigenvalue weighted by molar-refractivity contribution is 5.66. The molecule has 7 nitrogen and oxygen atoms in total. The zero-order valence-corrected chi connectivity index (χ0v) is 18.6. The van der Waals surface area contributed by atoms with Gasteiger partial charge in [0.05, 0.1) is 30.6 Å². The van der Waals surface area contributed by atoms with Crippen LogP contribution in [0, 0.1) is 5.92 Å². The number of imidazole rings is 1. The average Bonchev–Trinajstić information content (AvgIpc) is 3.53. The SMILES string of the molecule is CCc1cc(O)ccc1C1CCC2C(c3ncc(C4=C[C@H](COC)NC4)[nH]3)NNC2C1F. The van der Waals surface area contributed by atoms with Crippen LogP contribution >= 0.6 is 0 Å². The lowest BCUT2D eigenvalue weighted by atomic mass is 9.71. The van der Waals surface area contributed by atoms with Gasteiger partial charge in [-0.05, 0) is 48.1 Å². The maximum Gasteiger partial charge on any atom is 0.125 e. The summed E-state index contributed by atoms with van der Waals surface area (Å²) in [5.74, 6) is 1.05. The van der Waals surface area contributed by atoms with Gasteiger partial charge in [0, 0.05) is 31.5 Å². The number of fused-ring (bicyclic) bond motifs is 1. The van der Waals surface area contributed by atoms with Crippen molar-refractivity contribution < 1.29 is 14.2 Å². The zero-order valence-electron chi connectivity index (χ0n) is 18.6. The number of halogens is 1. The largest absolute Gasteiger partial charge is 0.508 e. The first-order chi connectivity index (χ1) is 15.6. The Morgan fingerprint density at radius 1 is 1.25 bits per heavy atom. The summed E-state index contributed by atoms with van der Waals surface area (Å²) in [4.78, 5) is 8.10. The van der Waals surface area contributed by atoms with E-state index in [-0.39, 0.29) is 35.7 Å². The number of H-pyrrole nitrogens is 1. The van der Waals surface area contributed by atoms with Crippen LogP contribution in [0.4, 0.5) is 4.39 Å². The molecule has 2 aromatic rings. The molecular weight excluding hydrogens is 409 g/mol. The maximum absolute atomic E-state index is 15.7. The van der Waals surface area contributed by atoms with Crippen LogP contribution in [0.1, 0.15) is 54.4 Å². The molecule has 5 N–H and O–H groups in total. The fourth-order valence-corrected chi connectivity index (χ4v) is 5.64. The van der Waals surface area contributed by atoms with Gasteiger partial charge in [0.1, 0.15) is 17.7 Å². The van der Waals surface area contributed by atoms with Crippen LogP contribution in [0.25, 0.3) is 5.57 Å². The van der Waals surface area contributed by atoms with Gasteiger partial charge in [0.2, 0.25) is 0 Å². The number of hydrogen-bond donors (Lipinski definition) is 5. The number of aryl methyl sites for hydroxylation is 1. The molecule has 1 saturated heterocycles. The van der Waals surface area contributed by atoms with Crippen molar-refractivity contribution in [1.82, 2.24) is 26.1 Å². The summed E-state index contributed by atoms with van der Waals surface area (Å²) in [6.07, 6.45) is 5.50. The van der Waals surface area contributed by atoms with Crippen LogP contribution in [0.3, 0.4) is 0 Å². The lowest BCUT2D eigenvalue weighted by Gasteiger charge is -2.36. The molecule has 1 aliphatic carbocycles. The number of phenols is 1. The third kappa shape index (κ3) is 3.85. The minimum Gasteiger partial charge on any atom is -0.508 e. The molecule has 2 fully saturated rings. The standard InChI is InChI=1S/C24H32FN5O2/c1-3-13-9-16(31)4-5-17(13)18-6-7-19-22(21(18)25)29-30-23(19)24-27-11-20(28-24)14-8-15(12-32-2)26-10-14/h4-5,8-9,11,15,18-19,21-23,26,29-31H,3,6-7,10,12H2,1-2H3,(H,27,28)/t15-,18?,19?,21?,22?,23?/m1/s1. The van der Waals surface area contributed by atoms with E-state index in [1.165, 1.54) is 5.57 Å². The predicted octanol–water partition coefficient (Wildman–Crippen LogP) is 2.73. The molecule has 1 aromatic heterocycles. The third-order valence-corrected chi connectivity index (χ3v) is 7.28. The molecule has 0 amide bonds. The molecule has 8 heteroatoms. The number of benzene rings is 1. The number of aromatic hydroxyl groups is 1. The number of aromatic amines is 1. The van der Waals surface area contributed by atoms with Gasteiger partial charge in [-0.15, -0.1) is 0 Å². The molecule has 32 heavy (non-hydrogen) atoms. The molecule has 3 heterocycles. The van der Waals surface area contributed by atoms with E-state index in [0.29, 0.717) is 6.61 Å². The van der Waals surface area contributed by atoms with Gasteiger partial charge in [-0.1, -0.05) is 19.1 Å². The number of ether oxygens (including phenoxy) is 1. The summed E-state index contributed by atoms with van der Waals surface area (Å²) in [7, 11) is 1.70. The van der Waals surface area contributed by atoms with E-state index in [0.717, 1.165) is 48.5 Å². The van der Waals surface area contributed by atoms with Gasteiger partial charge < -0.3 is 20.1 Å². The Labute approximate surface area is 187 Å². The van der Waals surface area contributed by atoms with E-state index in [1.807, 2.05) is 19.2 Å². The summed E-state index contributed by atoms with van der Waals surface area (Å²) >= 11 is 0. The Balaban J connectivity index is 1.31. The molecule has 1 aromatic carbocycles. The number of nitrogens with one attached hydrogen (secondary N) is 4. The zero-order chi connectivity index (χ0) is 22.2. The smallest absolute Gasteiger partial charge is 0.125 e. The van der Waals surface area contributed by atoms with Crippen molar-refractivity contribution in [3.63, 3.8) is 0 Å². The van der Waals surface area contributed by atoms with Gasteiger partial charge in [-0.3, -0.25) is 5.43 Å². The van der Waals surface area contributed by atoms with Gasteiger partial charge in [0.15, 0.2) is 0 Å². The van der Waals surface area contributed by atoms with Crippen LogP contribution in [0.5, 0.6) is 5.75 Å². The van der Waals surface area contributed by atoms with Crippen LogP contribution < -0.4 is 16.2 Å². The Hall–Kier alpha value is -2.26. The monoisotopic (exact) mass is 441 g/mol. The lowest BCUT2D eigenvalue weighted by Crippen LogP contribution is -2.45. The third-order valence-electron chi connectivity index (χ3n) is 7.28. The number of phenolic OH excluding ortho intramolecular Hbond substituents is 1. The van der Waals surface area contributed by atoms with E-state index in [1.54, 1.807) is 19.2 Å². The van der Waals surface area contributed by atoms with E-state index >= 15 is 4.39 Å². The minimum absolute atomic E-state index is 0.0526. The number of alkyl halides is 1. The Morgan fingerprint density at radius 2 is 2.12 bits per heavy atom. The van der Waals surface area contributed by atoms with Crippen LogP contribution in [-0.2, 0) is 11.2 Å². The molecule has 0 spiro atoms. The normalized spacial score (nSPS) is 32.2. The number of aromatic nitrogens is 2. The van der Waals surface area contributed by atoms with Crippen molar-refractivity contribution in [3.8, 4) is 5.75 Å². The molecule has 172 valence electrons. The topological polar surface area (TPSA) is 94.2 Å². The van der Waals surface area contributed by atoms with Crippen LogP contribution in [0.15, 0.2) is 30.5 Å². The summed E-state index contributed by atoms with van der Waals surface area (Å²) in [6, 6.07) is 5.22. The van der Waals surface area contributed by atoms with Crippen molar-refractivity contribution in [2.24, 2.45) is 5.92 Å². The number of nitrogens with zero attached hydrogens (tertiary/aromatic N) is 1. The van der Waals surface area contributed by atoms with Crippen molar-refractivity contribution >= 4 is 5.57 Å². The fourth-order valence-electron chi connectivity index (χ4n) is 5.64. The quantitative estimate of drug-likeness (QED) is 0.473. The van der Waals surface area contributed by atoms with Crippen molar-refractivity contribution in [3.05, 3.63) is 53.1 Å². The number of hydrazine groups is 1. The summed E-state index contributed by atoms with van der Waals surface area (Å²) in [6.45, 7) is 3.46. The molecule has 0 bridgehead atoms. The Morgan fingerprint density at radius 3 is 2.94 bits per heavy atom. The van der Waals surface area contributed by atoms with Crippen molar-refractivity contribution in [2.75, 3.05) is 20.3 Å². The molecule has 2 aliphatic heterocycles. The number of hydrogen-bond acceptors (Lipinski definition) is 6. The molecule has 3 aliphatic rings. The van der Waals surface area contributed by atoms with E-state index in [4.69, 9.17) is 4.74 Å². The van der Waals surface area contributed by atoms with Gasteiger partial charge in [0.25, 0.3) is 0 Å². The average molecular weight is 442 g/mol. The van der Waals surface area contributed by atoms with E-state index in [9.17, 15) is 5.11 Å². The first kappa shape index (κ1) is 21.6. The fraction of sp³-hybridized carbons (Fsp3) is 0.542. The second kappa shape index (κ2) is 8.94. The maximum atomic E-state index is 15.7. The molecular formula is C24H32FN5O2. The molecule has 5 rings (SSSR count). The van der Waals surface area contributed by atoms with Gasteiger partial charge in [-0.25, -0.2) is 14.8 Å². The highest BCUT2D eigenvalue weighted by atomic mass is 19.1. The van der Waals surface area contributed by atoms with Gasteiger partial charge in [-0.2, -0.15) is 0 Å². The summed E-state index contributed by atoms with van der Waals surface area (Å²) in [5, 5.41) is 13.2. The van der Waals surface area contributed by atoms with Gasteiger partial charge >= 0.3 is 0 Å². The molecule has 6 atom stereocenters. The molecule has 1 saturated carbocycles. The second-order valence-electron chi connectivity index (χ2n) is 9.14. The van der Waals surface area contributed by atoms with E-state index < -0.39 is 6.17 Å². The highest BCUT2D eigenvalue weighted by Gasteiger charge is 2.48. The Kier molecular flexibility index (Phi) is 6.03. The van der Waals surface area contributed by atoms with Crippen LogP contribution in [0.2, 0.25) is 0 Å². The lowest BCUT2D eigenvalue weighted by molar-refractivity contribution is 0.135. The number of methoxy groups -OCH3 is 1. The summed E-state index contributed by atoms with van der Waals surface area (Å²) in [5.41, 5.74) is 10.8. The highest BCUT2D eigenvalue weighted by Crippen LogP contribution is 2.45. The van der Waals surface area contributed by atoms with E-state index in [2.05, 4.69) is 32.2 Å². The van der Waals surface area contributed by atoms with Crippen LogP contribution in [-0.4, -0.2) is 53.6 Å². The second-order valence-corrected chi connectivity index (χ2v) is 9.14.